The van der Waals surface area contributed by atoms with Gasteiger partial charge in [-0.1, -0.05) is 60.7 Å². The van der Waals surface area contributed by atoms with Crippen molar-refractivity contribution in [2.75, 3.05) is 13.7 Å². The Hall–Kier alpha value is -6.38. The van der Waals surface area contributed by atoms with E-state index in [1.54, 1.807) is 48.5 Å². The normalized spacial score (nSPS) is 13.0. The van der Waals surface area contributed by atoms with Crippen molar-refractivity contribution in [1.82, 2.24) is 20.4 Å². The lowest BCUT2D eigenvalue weighted by atomic mass is 10.0. The van der Waals surface area contributed by atoms with Crippen LogP contribution in [0.15, 0.2) is 97.1 Å². The monoisotopic (exact) mass is 790 g/mol. The minimum Gasteiger partial charge on any atom is -0.467 e. The molecule has 300 valence electrons. The zero-order valence-corrected chi connectivity index (χ0v) is 31.6. The molecule has 15 heteroatoms. The Labute approximate surface area is 327 Å². The Bertz CT molecular complexity index is 1960. The first kappa shape index (κ1) is 43.3. The summed E-state index contributed by atoms with van der Waals surface area (Å²) in [6.07, 6.45) is -0.859. The van der Waals surface area contributed by atoms with E-state index in [2.05, 4.69) is 10.6 Å². The molecule has 0 spiro atoms. The van der Waals surface area contributed by atoms with Gasteiger partial charge >= 0.3 is 5.97 Å². The lowest BCUT2D eigenvalue weighted by Gasteiger charge is -2.37. The highest BCUT2D eigenvalue weighted by Crippen LogP contribution is 2.25. The van der Waals surface area contributed by atoms with Crippen LogP contribution in [0, 0.1) is 23.3 Å². The highest BCUT2D eigenvalue weighted by molar-refractivity contribution is 6.05. The van der Waals surface area contributed by atoms with E-state index in [1.807, 2.05) is 12.1 Å². The number of hydrogen-bond acceptors (Lipinski definition) is 7. The van der Waals surface area contributed by atoms with Crippen LogP contribution in [0.2, 0.25) is 0 Å². The SMILES string of the molecule is COC(=O)[C@H](c1ccccc1)N(CCc1ccccc1)C(=O)[C@H](C)N(C(=O)[C@H](C)NC(=O)Cc1cc(F)cc(F)c1)C(=O)[C@H](C)NC(=O)Cc1cc(F)cc(F)c1. The maximum Gasteiger partial charge on any atom is 0.333 e. The number of amides is 5. The Kier molecular flexibility index (Phi) is 15.2. The second-order valence-corrected chi connectivity index (χ2v) is 13.3. The summed E-state index contributed by atoms with van der Waals surface area (Å²) in [4.78, 5) is 84.3. The molecule has 0 aliphatic heterocycles. The number of carbonyl (C=O) groups is 6. The van der Waals surface area contributed by atoms with E-state index in [1.165, 1.54) is 25.7 Å². The first-order valence-corrected chi connectivity index (χ1v) is 17.9. The molecular weight excluding hydrogens is 748 g/mol. The van der Waals surface area contributed by atoms with Crippen LogP contribution in [0.3, 0.4) is 0 Å². The summed E-state index contributed by atoms with van der Waals surface area (Å²) in [6, 6.07) is 16.2. The third-order valence-electron chi connectivity index (χ3n) is 8.91. The molecule has 0 aromatic heterocycles. The molecule has 2 N–H and O–H groups in total. The molecule has 0 heterocycles. The highest BCUT2D eigenvalue weighted by atomic mass is 19.1. The van der Waals surface area contributed by atoms with Gasteiger partial charge in [0, 0.05) is 18.7 Å². The minimum atomic E-state index is -1.68. The van der Waals surface area contributed by atoms with Crippen molar-refractivity contribution < 1.29 is 51.1 Å². The lowest BCUT2D eigenvalue weighted by Crippen LogP contribution is -2.61. The summed E-state index contributed by atoms with van der Waals surface area (Å²) in [5, 5.41) is 4.77. The van der Waals surface area contributed by atoms with Crippen LogP contribution in [0.5, 0.6) is 0 Å². The maximum absolute atomic E-state index is 14.7. The van der Waals surface area contributed by atoms with Gasteiger partial charge in [0.15, 0.2) is 6.04 Å². The van der Waals surface area contributed by atoms with Crippen molar-refractivity contribution >= 4 is 35.5 Å². The van der Waals surface area contributed by atoms with Crippen molar-refractivity contribution in [3.8, 4) is 0 Å². The molecule has 5 amide bonds. The Morgan fingerprint density at radius 2 is 1.02 bits per heavy atom. The van der Waals surface area contributed by atoms with Crippen LogP contribution >= 0.6 is 0 Å². The number of imide groups is 1. The van der Waals surface area contributed by atoms with Crippen LogP contribution < -0.4 is 10.6 Å². The molecule has 0 fully saturated rings. The van der Waals surface area contributed by atoms with Gasteiger partial charge in [-0.05, 0) is 73.7 Å². The van der Waals surface area contributed by atoms with Crippen LogP contribution in [0.25, 0.3) is 0 Å². The van der Waals surface area contributed by atoms with Gasteiger partial charge in [0.05, 0.1) is 20.0 Å². The molecule has 4 rings (SSSR count). The molecule has 0 unspecified atom stereocenters. The van der Waals surface area contributed by atoms with Gasteiger partial charge < -0.3 is 20.3 Å². The quantitative estimate of drug-likeness (QED) is 0.123. The molecule has 57 heavy (non-hydrogen) atoms. The number of halogens is 4. The summed E-state index contributed by atoms with van der Waals surface area (Å²) >= 11 is 0. The van der Waals surface area contributed by atoms with Crippen molar-refractivity contribution in [1.29, 1.82) is 0 Å². The molecule has 0 saturated carbocycles. The van der Waals surface area contributed by atoms with Crippen molar-refractivity contribution in [2.24, 2.45) is 0 Å². The summed E-state index contributed by atoms with van der Waals surface area (Å²) in [7, 11) is 1.14. The van der Waals surface area contributed by atoms with Gasteiger partial charge in [-0.3, -0.25) is 28.9 Å². The molecular formula is C42H42F4N4O7. The number of nitrogens with zero attached hydrogens (tertiary/aromatic N) is 2. The molecule has 0 aliphatic rings. The molecule has 0 aliphatic carbocycles. The number of hydrogen-bond donors (Lipinski definition) is 2. The predicted octanol–water partition coefficient (Wildman–Crippen LogP) is 4.77. The van der Waals surface area contributed by atoms with Gasteiger partial charge in [0.2, 0.25) is 17.7 Å². The van der Waals surface area contributed by atoms with Crippen molar-refractivity contribution in [3.05, 3.63) is 143 Å². The number of ether oxygens (including phenoxy) is 1. The number of benzene rings is 4. The number of esters is 1. The molecule has 4 atom stereocenters. The molecule has 0 saturated heterocycles. The fourth-order valence-corrected chi connectivity index (χ4v) is 6.21. The third kappa shape index (κ3) is 12.1. The molecule has 4 aromatic carbocycles. The number of rotatable bonds is 16. The van der Waals surface area contributed by atoms with E-state index in [9.17, 15) is 46.3 Å². The van der Waals surface area contributed by atoms with Gasteiger partial charge in [0.25, 0.3) is 11.8 Å². The number of methoxy groups -OCH3 is 1. The Morgan fingerprint density at radius 3 is 1.44 bits per heavy atom. The summed E-state index contributed by atoms with van der Waals surface area (Å²) in [5.41, 5.74) is 1.08. The number of nitrogens with one attached hydrogen (secondary N) is 2. The second-order valence-electron chi connectivity index (χ2n) is 13.3. The van der Waals surface area contributed by atoms with Gasteiger partial charge in [-0.25, -0.2) is 22.4 Å². The van der Waals surface area contributed by atoms with Crippen molar-refractivity contribution in [2.45, 2.75) is 64.2 Å². The van der Waals surface area contributed by atoms with Gasteiger partial charge in [0.1, 0.15) is 41.4 Å². The average Bonchev–Trinajstić information content (AvgIpc) is 3.15. The van der Waals surface area contributed by atoms with Crippen LogP contribution in [0.4, 0.5) is 17.6 Å². The van der Waals surface area contributed by atoms with E-state index in [4.69, 9.17) is 4.74 Å². The molecule has 0 bridgehead atoms. The van der Waals surface area contributed by atoms with E-state index in [0.717, 1.165) is 36.9 Å². The molecule has 11 nitrogen and oxygen atoms in total. The minimum absolute atomic E-state index is 0.0422. The van der Waals surface area contributed by atoms with Gasteiger partial charge in [-0.2, -0.15) is 0 Å². The van der Waals surface area contributed by atoms with Crippen molar-refractivity contribution in [3.63, 3.8) is 0 Å². The summed E-state index contributed by atoms with van der Waals surface area (Å²) < 4.78 is 60.3. The molecule has 4 aromatic rings. The van der Waals surface area contributed by atoms with E-state index in [-0.39, 0.29) is 24.1 Å². The standard InChI is InChI=1S/C42H42F4N4O7/c1-25(47-36(51)21-29-17-32(43)23-33(44)18-29)39(53)50(40(54)26(2)48-37(52)22-30-19-34(45)24-35(46)20-30)27(3)41(55)49(16-15-28-11-7-5-8-12-28)38(42(56)57-4)31-13-9-6-10-14-31/h5-14,17-20,23-27,38H,15-16,21-22H2,1-4H3,(H,47,51)(H,48,52)/t25-,26-,27-,38-/m0/s1. The zero-order chi connectivity index (χ0) is 41.8. The lowest BCUT2D eigenvalue weighted by molar-refractivity contribution is -0.161. The topological polar surface area (TPSA) is 142 Å². The molecule has 0 radical (unpaired) electrons. The van der Waals surface area contributed by atoms with E-state index < -0.39 is 95.8 Å². The smallest absolute Gasteiger partial charge is 0.333 e. The fraction of sp³-hybridized carbons (Fsp3) is 0.286. The summed E-state index contributed by atoms with van der Waals surface area (Å²) in [5.74, 6) is -9.33. The van der Waals surface area contributed by atoms with E-state index in [0.29, 0.717) is 22.6 Å². The zero-order valence-electron chi connectivity index (χ0n) is 31.6. The third-order valence-corrected chi connectivity index (χ3v) is 8.91. The van der Waals surface area contributed by atoms with Crippen LogP contribution in [-0.2, 0) is 52.8 Å². The van der Waals surface area contributed by atoms with E-state index >= 15 is 0 Å². The Balaban J connectivity index is 1.69. The maximum atomic E-state index is 14.7. The average molecular weight is 791 g/mol. The number of carbonyl (C=O) groups excluding carboxylic acids is 6. The van der Waals surface area contributed by atoms with Crippen LogP contribution in [-0.4, -0.2) is 77.1 Å². The largest absolute Gasteiger partial charge is 0.467 e. The van der Waals surface area contributed by atoms with Crippen LogP contribution in [0.1, 0.15) is 49.1 Å². The second kappa shape index (κ2) is 20.0. The van der Waals surface area contributed by atoms with Gasteiger partial charge in [-0.15, -0.1) is 0 Å². The first-order valence-electron chi connectivity index (χ1n) is 17.9. The highest BCUT2D eigenvalue weighted by Gasteiger charge is 2.42. The predicted molar refractivity (Wildman–Crippen MR) is 200 cm³/mol. The first-order chi connectivity index (χ1) is 27.1. The fourth-order valence-electron chi connectivity index (χ4n) is 6.21. The summed E-state index contributed by atoms with van der Waals surface area (Å²) in [6.45, 7) is 3.59. The Morgan fingerprint density at radius 1 is 0.596 bits per heavy atom.